The average molecular weight is 339 g/mol. The van der Waals surface area contributed by atoms with Gasteiger partial charge in [0.25, 0.3) is 0 Å². The first-order valence-electron chi connectivity index (χ1n) is 11.4. The van der Waals surface area contributed by atoms with E-state index < -0.39 is 0 Å². The molecule has 0 bridgehead atoms. The van der Waals surface area contributed by atoms with Gasteiger partial charge in [0.05, 0.1) is 0 Å². The lowest BCUT2D eigenvalue weighted by Crippen LogP contribution is -2.28. The molecule has 0 radical (unpaired) electrons. The SMILES string of the molecule is Cc1ccc(C2CCC(C3CCC(C4CCCCC4)CC3)CC2)cc1. The van der Waals surface area contributed by atoms with E-state index in [0.29, 0.717) is 0 Å². The molecule has 1 aromatic carbocycles. The normalized spacial score (nSPS) is 34.8. The number of aryl methyl sites for hydroxylation is 1. The van der Waals surface area contributed by atoms with Crippen molar-refractivity contribution in [3.05, 3.63) is 35.4 Å². The molecule has 3 fully saturated rings. The molecule has 138 valence electrons. The molecule has 3 aliphatic carbocycles. The fraction of sp³-hybridized carbons (Fsp3) is 0.760. The molecule has 3 saturated carbocycles. The van der Waals surface area contributed by atoms with Crippen LogP contribution in [0.5, 0.6) is 0 Å². The fourth-order valence-electron chi connectivity index (χ4n) is 6.46. The molecule has 0 nitrogen and oxygen atoms in total. The summed E-state index contributed by atoms with van der Waals surface area (Å²) in [4.78, 5) is 0. The van der Waals surface area contributed by atoms with Gasteiger partial charge in [-0.2, -0.15) is 0 Å². The van der Waals surface area contributed by atoms with Crippen LogP contribution in [0.25, 0.3) is 0 Å². The van der Waals surface area contributed by atoms with Crippen molar-refractivity contribution >= 4 is 0 Å². The van der Waals surface area contributed by atoms with Crippen LogP contribution in [0, 0.1) is 30.6 Å². The summed E-state index contributed by atoms with van der Waals surface area (Å²) in [5.41, 5.74) is 3.00. The van der Waals surface area contributed by atoms with Gasteiger partial charge in [-0.1, -0.05) is 61.9 Å². The van der Waals surface area contributed by atoms with Crippen molar-refractivity contribution in [2.45, 2.75) is 96.3 Å². The molecule has 4 rings (SSSR count). The van der Waals surface area contributed by atoms with Gasteiger partial charge in [0, 0.05) is 0 Å². The van der Waals surface area contributed by atoms with Crippen LogP contribution in [-0.2, 0) is 0 Å². The molecule has 0 spiro atoms. The lowest BCUT2D eigenvalue weighted by atomic mass is 9.65. The second-order valence-electron chi connectivity index (χ2n) is 9.60. The minimum atomic E-state index is 0.843. The zero-order chi connectivity index (χ0) is 17.1. The average Bonchev–Trinajstić information content (AvgIpc) is 2.70. The lowest BCUT2D eigenvalue weighted by Gasteiger charge is -2.40. The highest BCUT2D eigenvalue weighted by atomic mass is 14.4. The maximum Gasteiger partial charge on any atom is -0.0162 e. The molecule has 0 heterocycles. The van der Waals surface area contributed by atoms with Crippen LogP contribution in [0.1, 0.15) is 101 Å². The Hall–Kier alpha value is -0.780. The highest BCUT2D eigenvalue weighted by Gasteiger charge is 2.33. The smallest absolute Gasteiger partial charge is 0.0162 e. The Bertz CT molecular complexity index is 505. The monoisotopic (exact) mass is 338 g/mol. The largest absolute Gasteiger partial charge is 0.0590 e. The minimum Gasteiger partial charge on any atom is -0.0590 e. The van der Waals surface area contributed by atoms with Crippen LogP contribution in [0.3, 0.4) is 0 Å². The summed E-state index contributed by atoms with van der Waals surface area (Å²) in [6, 6.07) is 9.37. The first-order chi connectivity index (χ1) is 12.3. The van der Waals surface area contributed by atoms with Gasteiger partial charge in [0.2, 0.25) is 0 Å². The molecular weight excluding hydrogens is 300 g/mol. The van der Waals surface area contributed by atoms with Gasteiger partial charge in [-0.25, -0.2) is 0 Å². The Labute approximate surface area is 155 Å². The molecular formula is C25H38. The predicted octanol–water partition coefficient (Wildman–Crippen LogP) is 7.66. The van der Waals surface area contributed by atoms with Crippen molar-refractivity contribution in [1.29, 1.82) is 0 Å². The molecule has 0 unspecified atom stereocenters. The second-order valence-corrected chi connectivity index (χ2v) is 9.60. The zero-order valence-electron chi connectivity index (χ0n) is 16.4. The predicted molar refractivity (Wildman–Crippen MR) is 108 cm³/mol. The molecule has 0 atom stereocenters. The number of benzene rings is 1. The van der Waals surface area contributed by atoms with E-state index in [1.165, 1.54) is 50.5 Å². The molecule has 0 saturated heterocycles. The van der Waals surface area contributed by atoms with E-state index in [1.54, 1.807) is 44.1 Å². The van der Waals surface area contributed by atoms with Crippen LogP contribution >= 0.6 is 0 Å². The molecule has 25 heavy (non-hydrogen) atoms. The van der Waals surface area contributed by atoms with Gasteiger partial charge < -0.3 is 0 Å². The van der Waals surface area contributed by atoms with E-state index in [2.05, 4.69) is 31.2 Å². The van der Waals surface area contributed by atoms with Crippen LogP contribution in [0.15, 0.2) is 24.3 Å². The van der Waals surface area contributed by atoms with Gasteiger partial charge in [-0.3, -0.25) is 0 Å². The summed E-state index contributed by atoms with van der Waals surface area (Å²) in [6.07, 6.45) is 19.8. The lowest BCUT2D eigenvalue weighted by molar-refractivity contribution is 0.119. The third-order valence-electron chi connectivity index (χ3n) is 8.12. The van der Waals surface area contributed by atoms with E-state index in [0.717, 1.165) is 29.6 Å². The number of rotatable bonds is 3. The Morgan fingerprint density at radius 1 is 0.520 bits per heavy atom. The van der Waals surface area contributed by atoms with Gasteiger partial charge in [0.15, 0.2) is 0 Å². The summed E-state index contributed by atoms with van der Waals surface area (Å²) < 4.78 is 0. The quantitative estimate of drug-likeness (QED) is 0.530. The molecule has 0 N–H and O–H groups in total. The van der Waals surface area contributed by atoms with E-state index in [9.17, 15) is 0 Å². The van der Waals surface area contributed by atoms with Gasteiger partial charge in [-0.15, -0.1) is 0 Å². The Kier molecular flexibility index (Phi) is 5.83. The summed E-state index contributed by atoms with van der Waals surface area (Å²) in [7, 11) is 0. The highest BCUT2D eigenvalue weighted by Crippen LogP contribution is 2.46. The fourth-order valence-corrected chi connectivity index (χ4v) is 6.46. The molecule has 0 aliphatic heterocycles. The van der Waals surface area contributed by atoms with Gasteiger partial charge in [-0.05, 0) is 93.4 Å². The third kappa shape index (κ3) is 4.32. The van der Waals surface area contributed by atoms with Gasteiger partial charge in [0.1, 0.15) is 0 Å². The Balaban J connectivity index is 1.24. The topological polar surface area (TPSA) is 0 Å². The van der Waals surface area contributed by atoms with Crippen LogP contribution in [0.4, 0.5) is 0 Å². The summed E-state index contributed by atoms with van der Waals surface area (Å²) in [5, 5.41) is 0. The van der Waals surface area contributed by atoms with Crippen molar-refractivity contribution in [2.75, 3.05) is 0 Å². The second kappa shape index (κ2) is 8.28. The number of hydrogen-bond acceptors (Lipinski definition) is 0. The van der Waals surface area contributed by atoms with Gasteiger partial charge >= 0.3 is 0 Å². The molecule has 3 aliphatic rings. The standard InChI is InChI=1S/C25H38/c1-19-7-9-21(10-8-19)23-15-17-25(18-16-23)24-13-11-22(12-14-24)20-5-3-2-4-6-20/h7-10,20,22-25H,2-6,11-18H2,1H3. The van der Waals surface area contributed by atoms with Crippen molar-refractivity contribution in [2.24, 2.45) is 23.7 Å². The first kappa shape index (κ1) is 17.6. The zero-order valence-corrected chi connectivity index (χ0v) is 16.4. The van der Waals surface area contributed by atoms with Crippen LogP contribution in [-0.4, -0.2) is 0 Å². The van der Waals surface area contributed by atoms with E-state index in [-0.39, 0.29) is 0 Å². The van der Waals surface area contributed by atoms with E-state index >= 15 is 0 Å². The minimum absolute atomic E-state index is 0.843. The highest BCUT2D eigenvalue weighted by molar-refractivity contribution is 5.24. The Morgan fingerprint density at radius 2 is 0.960 bits per heavy atom. The van der Waals surface area contributed by atoms with Crippen LogP contribution in [0.2, 0.25) is 0 Å². The number of hydrogen-bond donors (Lipinski definition) is 0. The first-order valence-corrected chi connectivity index (χ1v) is 11.4. The van der Waals surface area contributed by atoms with Crippen LogP contribution < -0.4 is 0 Å². The van der Waals surface area contributed by atoms with Crippen molar-refractivity contribution in [3.8, 4) is 0 Å². The molecule has 0 heteroatoms. The summed E-state index contributed by atoms with van der Waals surface area (Å²) in [5.74, 6) is 5.16. The van der Waals surface area contributed by atoms with E-state index in [4.69, 9.17) is 0 Å². The summed E-state index contributed by atoms with van der Waals surface area (Å²) in [6.45, 7) is 2.20. The van der Waals surface area contributed by atoms with E-state index in [1.807, 2.05) is 0 Å². The molecule has 0 aromatic heterocycles. The van der Waals surface area contributed by atoms with Crippen molar-refractivity contribution < 1.29 is 0 Å². The Morgan fingerprint density at radius 3 is 1.48 bits per heavy atom. The molecule has 1 aromatic rings. The van der Waals surface area contributed by atoms with Crippen molar-refractivity contribution in [1.82, 2.24) is 0 Å². The maximum absolute atomic E-state index is 2.38. The van der Waals surface area contributed by atoms with Crippen molar-refractivity contribution in [3.63, 3.8) is 0 Å². The molecule has 0 amide bonds. The maximum atomic E-state index is 2.38. The third-order valence-corrected chi connectivity index (χ3v) is 8.12. The summed E-state index contributed by atoms with van der Waals surface area (Å²) >= 11 is 0.